The normalized spacial score (nSPS) is 21.2. The number of amides is 1. The molecular formula is C27H31FN6O2. The Morgan fingerprint density at radius 2 is 1.81 bits per heavy atom. The molecule has 0 bridgehead atoms. The van der Waals surface area contributed by atoms with Gasteiger partial charge in [0.15, 0.2) is 5.82 Å². The molecule has 1 saturated heterocycles. The first-order valence-corrected chi connectivity index (χ1v) is 12.6. The van der Waals surface area contributed by atoms with Gasteiger partial charge in [-0.2, -0.15) is 0 Å². The molecule has 188 valence electrons. The Hall–Kier alpha value is -3.59. The van der Waals surface area contributed by atoms with Gasteiger partial charge in [-0.15, -0.1) is 0 Å². The third kappa shape index (κ3) is 5.31. The van der Waals surface area contributed by atoms with Crippen LogP contribution in [0.5, 0.6) is 0 Å². The number of aromatic nitrogens is 3. The number of primary amides is 1. The van der Waals surface area contributed by atoms with Gasteiger partial charge in [-0.05, 0) is 69.8 Å². The number of pyridine rings is 1. The van der Waals surface area contributed by atoms with Crippen LogP contribution in [0.25, 0.3) is 16.9 Å². The van der Waals surface area contributed by atoms with Gasteiger partial charge in [-0.3, -0.25) is 14.2 Å². The minimum atomic E-state index is -0.513. The second-order valence-electron chi connectivity index (χ2n) is 9.71. The van der Waals surface area contributed by atoms with Crippen LogP contribution in [0, 0.1) is 11.7 Å². The van der Waals surface area contributed by atoms with Crippen molar-refractivity contribution in [1.29, 1.82) is 0 Å². The quantitative estimate of drug-likeness (QED) is 0.549. The van der Waals surface area contributed by atoms with E-state index in [0.717, 1.165) is 51.6 Å². The summed E-state index contributed by atoms with van der Waals surface area (Å²) in [6.07, 6.45) is 8.63. The SMILES string of the molecule is NC(=O)C1CCN(C2CCC(Nc3ncc(F)c(-c4cccc(-n5ccccc5=O)c4)n3)CC2)CC1. The topological polar surface area (TPSA) is 106 Å². The summed E-state index contributed by atoms with van der Waals surface area (Å²) >= 11 is 0. The number of benzene rings is 1. The molecule has 3 N–H and O–H groups in total. The summed E-state index contributed by atoms with van der Waals surface area (Å²) in [5.74, 6) is -0.277. The number of carbonyl (C=O) groups excluding carboxylic acids is 1. The van der Waals surface area contributed by atoms with E-state index in [1.165, 1.54) is 16.8 Å². The fraction of sp³-hybridized carbons (Fsp3) is 0.407. The first-order valence-electron chi connectivity index (χ1n) is 12.6. The van der Waals surface area contributed by atoms with E-state index in [2.05, 4.69) is 20.2 Å². The number of hydrogen-bond acceptors (Lipinski definition) is 6. The molecule has 1 amide bonds. The van der Waals surface area contributed by atoms with Crippen molar-refractivity contribution in [3.63, 3.8) is 0 Å². The van der Waals surface area contributed by atoms with Crippen molar-refractivity contribution in [2.45, 2.75) is 50.6 Å². The highest BCUT2D eigenvalue weighted by atomic mass is 19.1. The molecule has 0 spiro atoms. The molecule has 0 radical (unpaired) electrons. The van der Waals surface area contributed by atoms with E-state index in [4.69, 9.17) is 5.73 Å². The van der Waals surface area contributed by atoms with E-state index in [9.17, 15) is 14.0 Å². The van der Waals surface area contributed by atoms with Crippen LogP contribution in [0.4, 0.5) is 10.3 Å². The lowest BCUT2D eigenvalue weighted by atomic mass is 9.87. The molecule has 1 saturated carbocycles. The maximum atomic E-state index is 14.7. The van der Waals surface area contributed by atoms with Crippen LogP contribution in [0.1, 0.15) is 38.5 Å². The summed E-state index contributed by atoms with van der Waals surface area (Å²) in [6.45, 7) is 1.85. The van der Waals surface area contributed by atoms with Crippen molar-refractivity contribution in [1.82, 2.24) is 19.4 Å². The molecule has 5 rings (SSSR count). The van der Waals surface area contributed by atoms with E-state index in [1.807, 2.05) is 0 Å². The second-order valence-corrected chi connectivity index (χ2v) is 9.71. The van der Waals surface area contributed by atoms with Crippen molar-refractivity contribution < 1.29 is 9.18 Å². The number of nitrogens with one attached hydrogen (secondary N) is 1. The van der Waals surface area contributed by atoms with Crippen LogP contribution in [-0.4, -0.2) is 50.5 Å². The van der Waals surface area contributed by atoms with Gasteiger partial charge in [-0.25, -0.2) is 14.4 Å². The first-order chi connectivity index (χ1) is 17.5. The predicted octanol–water partition coefficient (Wildman–Crippen LogP) is 3.35. The minimum absolute atomic E-state index is 0.0124. The van der Waals surface area contributed by atoms with Gasteiger partial charge in [0, 0.05) is 41.5 Å². The molecular weight excluding hydrogens is 459 g/mol. The molecule has 1 aliphatic carbocycles. The molecule has 2 aromatic heterocycles. The van der Waals surface area contributed by atoms with Crippen molar-refractivity contribution >= 4 is 11.9 Å². The van der Waals surface area contributed by atoms with E-state index < -0.39 is 5.82 Å². The Balaban J connectivity index is 1.24. The summed E-state index contributed by atoms with van der Waals surface area (Å²) < 4.78 is 16.2. The highest BCUT2D eigenvalue weighted by Gasteiger charge is 2.30. The molecule has 3 heterocycles. The molecule has 2 aliphatic rings. The maximum Gasteiger partial charge on any atom is 0.255 e. The van der Waals surface area contributed by atoms with Crippen molar-refractivity contribution in [3.05, 3.63) is 71.0 Å². The first kappa shape index (κ1) is 24.1. The van der Waals surface area contributed by atoms with Crippen molar-refractivity contribution in [3.8, 4) is 16.9 Å². The maximum absolute atomic E-state index is 14.7. The standard InChI is InChI=1S/C27H31FN6O2/c28-23-17-30-27(31-20-7-9-21(10-8-20)33-14-11-18(12-15-33)26(29)36)32-25(23)19-4-3-5-22(16-19)34-13-2-1-6-24(34)35/h1-6,13,16-18,20-21H,7-12,14-15H2,(H2,29,36)(H,30,31,32). The highest BCUT2D eigenvalue weighted by Crippen LogP contribution is 2.29. The molecule has 2 fully saturated rings. The number of nitrogens with zero attached hydrogens (tertiary/aromatic N) is 4. The Bertz CT molecular complexity index is 1280. The van der Waals surface area contributed by atoms with Crippen LogP contribution in [0.15, 0.2) is 59.7 Å². The number of halogens is 1. The summed E-state index contributed by atoms with van der Waals surface area (Å²) in [7, 11) is 0. The smallest absolute Gasteiger partial charge is 0.255 e. The molecule has 1 aromatic carbocycles. The molecule has 1 aliphatic heterocycles. The van der Waals surface area contributed by atoms with Crippen LogP contribution >= 0.6 is 0 Å². The second kappa shape index (κ2) is 10.6. The number of likely N-dealkylation sites (tertiary alicyclic amines) is 1. The van der Waals surface area contributed by atoms with E-state index in [1.54, 1.807) is 42.6 Å². The fourth-order valence-corrected chi connectivity index (χ4v) is 5.40. The van der Waals surface area contributed by atoms with Gasteiger partial charge >= 0.3 is 0 Å². The van der Waals surface area contributed by atoms with Crippen molar-refractivity contribution in [2.75, 3.05) is 18.4 Å². The summed E-state index contributed by atoms with van der Waals surface area (Å²) in [5, 5.41) is 3.40. The molecule has 36 heavy (non-hydrogen) atoms. The Kier molecular flexibility index (Phi) is 7.09. The van der Waals surface area contributed by atoms with Gasteiger partial charge in [0.2, 0.25) is 11.9 Å². The minimum Gasteiger partial charge on any atom is -0.369 e. The van der Waals surface area contributed by atoms with Gasteiger partial charge in [0.05, 0.1) is 6.20 Å². The molecule has 9 heteroatoms. The lowest BCUT2D eigenvalue weighted by Crippen LogP contribution is -2.46. The number of hydrogen-bond donors (Lipinski definition) is 2. The van der Waals surface area contributed by atoms with Gasteiger partial charge < -0.3 is 16.0 Å². The summed E-state index contributed by atoms with van der Waals surface area (Å²) in [5.41, 5.74) is 6.72. The Morgan fingerprint density at radius 3 is 2.53 bits per heavy atom. The van der Waals surface area contributed by atoms with Crippen LogP contribution in [-0.2, 0) is 4.79 Å². The number of carbonyl (C=O) groups is 1. The molecule has 0 unspecified atom stereocenters. The third-order valence-electron chi connectivity index (χ3n) is 7.44. The Labute approximate surface area is 209 Å². The Morgan fingerprint density at radius 1 is 1.03 bits per heavy atom. The number of nitrogens with two attached hydrogens (primary N) is 1. The van der Waals surface area contributed by atoms with Gasteiger partial charge in [-0.1, -0.05) is 18.2 Å². The van der Waals surface area contributed by atoms with Crippen LogP contribution in [0.2, 0.25) is 0 Å². The molecule has 8 nitrogen and oxygen atoms in total. The van der Waals surface area contributed by atoms with Crippen molar-refractivity contribution in [2.24, 2.45) is 11.7 Å². The largest absolute Gasteiger partial charge is 0.369 e. The molecule has 3 aromatic rings. The number of piperidine rings is 1. The van der Waals surface area contributed by atoms with E-state index >= 15 is 0 Å². The molecule has 0 atom stereocenters. The number of anilines is 1. The number of rotatable bonds is 6. The lowest BCUT2D eigenvalue weighted by Gasteiger charge is -2.40. The highest BCUT2D eigenvalue weighted by molar-refractivity contribution is 5.76. The monoisotopic (exact) mass is 490 g/mol. The summed E-state index contributed by atoms with van der Waals surface area (Å²) in [6, 6.07) is 12.8. The van der Waals surface area contributed by atoms with Gasteiger partial charge in [0.25, 0.3) is 5.56 Å². The van der Waals surface area contributed by atoms with E-state index in [-0.39, 0.29) is 29.1 Å². The average molecular weight is 491 g/mol. The predicted molar refractivity (Wildman–Crippen MR) is 136 cm³/mol. The zero-order chi connectivity index (χ0) is 25.1. The van der Waals surface area contributed by atoms with Crippen LogP contribution < -0.4 is 16.6 Å². The van der Waals surface area contributed by atoms with Gasteiger partial charge in [0.1, 0.15) is 5.69 Å². The summed E-state index contributed by atoms with van der Waals surface area (Å²) in [4.78, 5) is 34.8. The third-order valence-corrected chi connectivity index (χ3v) is 7.44. The fourth-order valence-electron chi connectivity index (χ4n) is 5.40. The zero-order valence-electron chi connectivity index (χ0n) is 20.1. The lowest BCUT2D eigenvalue weighted by molar-refractivity contribution is -0.123. The zero-order valence-corrected chi connectivity index (χ0v) is 20.1. The average Bonchev–Trinajstić information content (AvgIpc) is 2.90. The van der Waals surface area contributed by atoms with E-state index in [0.29, 0.717) is 23.2 Å². The van der Waals surface area contributed by atoms with Crippen LogP contribution in [0.3, 0.4) is 0 Å².